The van der Waals surface area contributed by atoms with Crippen LogP contribution in [0.3, 0.4) is 0 Å². The molecule has 0 aliphatic heterocycles. The van der Waals surface area contributed by atoms with E-state index in [-0.39, 0.29) is 11.9 Å². The predicted molar refractivity (Wildman–Crippen MR) is 93.4 cm³/mol. The van der Waals surface area contributed by atoms with Gasteiger partial charge in [-0.2, -0.15) is 0 Å². The highest BCUT2D eigenvalue weighted by atomic mass is 16.5. The Kier molecular flexibility index (Phi) is 8.34. The van der Waals surface area contributed by atoms with Gasteiger partial charge in [0.1, 0.15) is 0 Å². The number of unbranched alkanes of at least 4 members (excludes halogenated alkanes) is 1. The minimum Gasteiger partial charge on any atom is -0.465 e. The normalized spacial score (nSPS) is 25.0. The van der Waals surface area contributed by atoms with E-state index in [1.165, 1.54) is 44.9 Å². The average Bonchev–Trinajstić information content (AvgIpc) is 2.65. The summed E-state index contributed by atoms with van der Waals surface area (Å²) in [5.74, 6) is 1.42. The molecule has 0 aromatic rings. The molecule has 2 aliphatic rings. The molecular formula is C20H32O4. The maximum atomic E-state index is 12.1. The molecule has 0 N–H and O–H groups in total. The Morgan fingerprint density at radius 3 is 2.04 bits per heavy atom. The summed E-state index contributed by atoms with van der Waals surface area (Å²) < 4.78 is 10.3. The lowest BCUT2D eigenvalue weighted by atomic mass is 9.71. The fraction of sp³-hybridized carbons (Fsp3) is 0.800. The van der Waals surface area contributed by atoms with E-state index in [9.17, 15) is 9.59 Å². The van der Waals surface area contributed by atoms with Crippen LogP contribution in [-0.4, -0.2) is 25.2 Å². The molecule has 2 rings (SSSR count). The maximum absolute atomic E-state index is 12.1. The lowest BCUT2D eigenvalue weighted by molar-refractivity contribution is -0.150. The molecule has 0 bridgehead atoms. The Hall–Kier alpha value is -1.32. The molecule has 0 spiro atoms. The third kappa shape index (κ3) is 6.29. The number of esters is 2. The van der Waals surface area contributed by atoms with Crippen molar-refractivity contribution in [2.75, 3.05) is 13.2 Å². The van der Waals surface area contributed by atoms with Gasteiger partial charge >= 0.3 is 11.9 Å². The van der Waals surface area contributed by atoms with E-state index in [1.54, 1.807) is 0 Å². The molecule has 0 heterocycles. The molecule has 2 fully saturated rings. The predicted octanol–water partition coefficient (Wildman–Crippen LogP) is 4.43. The van der Waals surface area contributed by atoms with Crippen molar-refractivity contribution < 1.29 is 19.1 Å². The molecule has 2 saturated carbocycles. The topological polar surface area (TPSA) is 52.6 Å². The largest absolute Gasteiger partial charge is 0.465 e. The van der Waals surface area contributed by atoms with Crippen molar-refractivity contribution in [3.8, 4) is 0 Å². The number of hydrogen-bond donors (Lipinski definition) is 0. The number of ether oxygens (including phenoxy) is 2. The van der Waals surface area contributed by atoms with E-state index in [0.717, 1.165) is 37.2 Å². The highest BCUT2D eigenvalue weighted by molar-refractivity contribution is 5.81. The van der Waals surface area contributed by atoms with Crippen molar-refractivity contribution in [3.63, 3.8) is 0 Å². The zero-order chi connectivity index (χ0) is 17.2. The first-order chi connectivity index (χ1) is 11.7. The molecule has 0 amide bonds. The second-order valence-electron chi connectivity index (χ2n) is 7.26. The fourth-order valence-electron chi connectivity index (χ4n) is 4.16. The maximum Gasteiger partial charge on any atom is 0.330 e. The smallest absolute Gasteiger partial charge is 0.330 e. The minimum atomic E-state index is -0.401. The Morgan fingerprint density at radius 1 is 0.833 bits per heavy atom. The average molecular weight is 336 g/mol. The van der Waals surface area contributed by atoms with Crippen molar-refractivity contribution in [3.05, 3.63) is 12.7 Å². The SMILES string of the molecule is C=CC(=O)OCCCCOC(=O)C1CCC(C2CCCCC2)CC1. The van der Waals surface area contributed by atoms with Gasteiger partial charge in [0.25, 0.3) is 0 Å². The molecule has 0 aromatic heterocycles. The van der Waals surface area contributed by atoms with Crippen LogP contribution in [0.1, 0.15) is 70.6 Å². The van der Waals surface area contributed by atoms with Gasteiger partial charge in [-0.3, -0.25) is 4.79 Å². The van der Waals surface area contributed by atoms with Gasteiger partial charge in [-0.1, -0.05) is 38.7 Å². The first-order valence-electron chi connectivity index (χ1n) is 9.66. The summed E-state index contributed by atoms with van der Waals surface area (Å²) in [4.78, 5) is 23.0. The van der Waals surface area contributed by atoms with Crippen LogP contribution in [0.4, 0.5) is 0 Å². The molecule has 4 heteroatoms. The zero-order valence-corrected chi connectivity index (χ0v) is 14.8. The van der Waals surface area contributed by atoms with Crippen LogP contribution in [0.2, 0.25) is 0 Å². The summed E-state index contributed by atoms with van der Waals surface area (Å²) in [6.45, 7) is 4.12. The molecule has 2 aliphatic carbocycles. The summed E-state index contributed by atoms with van der Waals surface area (Å²) in [6.07, 6.45) is 14.0. The van der Waals surface area contributed by atoms with E-state index < -0.39 is 5.97 Å². The standard InChI is InChI=1S/C20H32O4/c1-2-19(21)23-14-6-7-15-24-20(22)18-12-10-17(11-13-18)16-8-4-3-5-9-16/h2,16-18H,1,3-15H2. The van der Waals surface area contributed by atoms with Crippen LogP contribution < -0.4 is 0 Å². The molecule has 0 saturated heterocycles. The van der Waals surface area contributed by atoms with Crippen LogP contribution in [0.15, 0.2) is 12.7 Å². The molecule has 0 atom stereocenters. The van der Waals surface area contributed by atoms with Crippen molar-refractivity contribution in [1.29, 1.82) is 0 Å². The van der Waals surface area contributed by atoms with Crippen LogP contribution >= 0.6 is 0 Å². The van der Waals surface area contributed by atoms with E-state index >= 15 is 0 Å². The molecule has 0 unspecified atom stereocenters. The highest BCUT2D eigenvalue weighted by Gasteiger charge is 2.31. The highest BCUT2D eigenvalue weighted by Crippen LogP contribution is 2.40. The van der Waals surface area contributed by atoms with Crippen LogP contribution in [0, 0.1) is 17.8 Å². The van der Waals surface area contributed by atoms with E-state index in [1.807, 2.05) is 0 Å². The summed E-state index contributed by atoms with van der Waals surface area (Å²) in [7, 11) is 0. The Balaban J connectivity index is 1.54. The molecule has 0 aromatic carbocycles. The molecule has 24 heavy (non-hydrogen) atoms. The third-order valence-corrected chi connectivity index (χ3v) is 5.62. The van der Waals surface area contributed by atoms with Crippen molar-refractivity contribution in [2.45, 2.75) is 70.6 Å². The molecular weight excluding hydrogens is 304 g/mol. The number of hydrogen-bond acceptors (Lipinski definition) is 4. The number of rotatable bonds is 8. The summed E-state index contributed by atoms with van der Waals surface area (Å²) >= 11 is 0. The van der Waals surface area contributed by atoms with E-state index in [4.69, 9.17) is 9.47 Å². The Labute approximate surface area is 146 Å². The first-order valence-corrected chi connectivity index (χ1v) is 9.66. The fourth-order valence-corrected chi connectivity index (χ4v) is 4.16. The summed E-state index contributed by atoms with van der Waals surface area (Å²) in [5.41, 5.74) is 0. The second-order valence-corrected chi connectivity index (χ2v) is 7.26. The van der Waals surface area contributed by atoms with Gasteiger partial charge < -0.3 is 9.47 Å². The molecule has 4 nitrogen and oxygen atoms in total. The van der Waals surface area contributed by atoms with E-state index in [0.29, 0.717) is 19.6 Å². The van der Waals surface area contributed by atoms with Crippen LogP contribution in [0.25, 0.3) is 0 Å². The van der Waals surface area contributed by atoms with Crippen molar-refractivity contribution >= 4 is 11.9 Å². The third-order valence-electron chi connectivity index (χ3n) is 5.62. The first kappa shape index (κ1) is 19.0. The van der Waals surface area contributed by atoms with Gasteiger partial charge in [0.15, 0.2) is 0 Å². The zero-order valence-electron chi connectivity index (χ0n) is 14.8. The van der Waals surface area contributed by atoms with Crippen molar-refractivity contribution in [1.82, 2.24) is 0 Å². The summed E-state index contributed by atoms with van der Waals surface area (Å²) in [6, 6.07) is 0. The lowest BCUT2D eigenvalue weighted by Gasteiger charge is -2.35. The minimum absolute atomic E-state index is 0.0276. The summed E-state index contributed by atoms with van der Waals surface area (Å²) in [5, 5.41) is 0. The van der Waals surface area contributed by atoms with Gasteiger partial charge in [-0.15, -0.1) is 0 Å². The van der Waals surface area contributed by atoms with Gasteiger partial charge in [0.2, 0.25) is 0 Å². The number of carbonyl (C=O) groups excluding carboxylic acids is 2. The molecule has 0 radical (unpaired) electrons. The van der Waals surface area contributed by atoms with Gasteiger partial charge in [-0.05, 0) is 50.4 Å². The second kappa shape index (κ2) is 10.5. The van der Waals surface area contributed by atoms with Crippen molar-refractivity contribution in [2.24, 2.45) is 17.8 Å². The monoisotopic (exact) mass is 336 g/mol. The van der Waals surface area contributed by atoms with Gasteiger partial charge in [0.05, 0.1) is 19.1 Å². The van der Waals surface area contributed by atoms with Gasteiger partial charge in [0, 0.05) is 6.08 Å². The lowest BCUT2D eigenvalue weighted by Crippen LogP contribution is -2.28. The Morgan fingerprint density at radius 2 is 1.42 bits per heavy atom. The number of carbonyl (C=O) groups is 2. The Bertz CT molecular complexity index is 404. The quantitative estimate of drug-likeness (QED) is 0.374. The van der Waals surface area contributed by atoms with Gasteiger partial charge in [-0.25, -0.2) is 4.79 Å². The van der Waals surface area contributed by atoms with Crippen LogP contribution in [0.5, 0.6) is 0 Å². The van der Waals surface area contributed by atoms with E-state index in [2.05, 4.69) is 6.58 Å². The van der Waals surface area contributed by atoms with Crippen LogP contribution in [-0.2, 0) is 19.1 Å². The molecule has 136 valence electrons.